The highest BCUT2D eigenvalue weighted by atomic mass is 35.5. The molecule has 2 N–H and O–H groups in total. The lowest BCUT2D eigenvalue weighted by molar-refractivity contribution is -0.195. The molecule has 7 heteroatoms. The summed E-state index contributed by atoms with van der Waals surface area (Å²) >= 11 is 6.03. The molecule has 0 radical (unpaired) electrons. The molecule has 0 spiro atoms. The molecule has 1 aliphatic rings. The van der Waals surface area contributed by atoms with Crippen LogP contribution in [0.4, 0.5) is 0 Å². The molecule has 1 saturated carbocycles. The number of hydrogen-bond donors (Lipinski definition) is 2. The molecule has 3 atom stereocenters. The molecule has 1 aromatic rings. The predicted molar refractivity (Wildman–Crippen MR) is 93.9 cm³/mol. The standard InChI is InChI=1S/C18H24ClNO5/c1-5-24-14-10-18(16(22)23,17(14,3)4)20-15(21)11(2)25-13-9-7-6-8-12(13)19/h6-9,11,14H,5,10H2,1-4H3,(H,20,21)(H,22,23). The number of carboxylic acid groups (broad SMARTS) is 1. The molecule has 0 heterocycles. The lowest BCUT2D eigenvalue weighted by atomic mass is 9.54. The van der Waals surface area contributed by atoms with E-state index in [1.165, 1.54) is 0 Å². The van der Waals surface area contributed by atoms with E-state index in [4.69, 9.17) is 21.1 Å². The van der Waals surface area contributed by atoms with Gasteiger partial charge in [-0.1, -0.05) is 37.6 Å². The number of ether oxygens (including phenoxy) is 2. The van der Waals surface area contributed by atoms with Gasteiger partial charge in [0.05, 0.1) is 11.1 Å². The smallest absolute Gasteiger partial charge is 0.330 e. The van der Waals surface area contributed by atoms with Crippen molar-refractivity contribution in [2.24, 2.45) is 5.41 Å². The van der Waals surface area contributed by atoms with E-state index in [0.717, 1.165) is 0 Å². The predicted octanol–water partition coefficient (Wildman–Crippen LogP) is 2.88. The van der Waals surface area contributed by atoms with Crippen molar-refractivity contribution in [2.45, 2.75) is 51.9 Å². The van der Waals surface area contributed by atoms with Gasteiger partial charge in [0.25, 0.3) is 5.91 Å². The maximum absolute atomic E-state index is 12.5. The minimum absolute atomic E-state index is 0.216. The van der Waals surface area contributed by atoms with Gasteiger partial charge in [0.1, 0.15) is 11.3 Å². The SMILES string of the molecule is CCOC1CC(NC(=O)C(C)Oc2ccccc2Cl)(C(=O)O)C1(C)C. The number of carbonyl (C=O) groups is 2. The summed E-state index contributed by atoms with van der Waals surface area (Å²) in [5, 5.41) is 12.8. The molecule has 3 unspecified atom stereocenters. The third-order valence-corrected chi connectivity index (χ3v) is 5.29. The van der Waals surface area contributed by atoms with Crippen molar-refractivity contribution in [3.05, 3.63) is 29.3 Å². The molecule has 1 aliphatic carbocycles. The lowest BCUT2D eigenvalue weighted by Gasteiger charge is -2.58. The Labute approximate surface area is 152 Å². The minimum atomic E-state index is -1.39. The maximum Gasteiger partial charge on any atom is 0.330 e. The van der Waals surface area contributed by atoms with Gasteiger partial charge in [-0.25, -0.2) is 4.79 Å². The Morgan fingerprint density at radius 2 is 2.04 bits per heavy atom. The van der Waals surface area contributed by atoms with Crippen LogP contribution < -0.4 is 10.1 Å². The Hall–Kier alpha value is -1.79. The monoisotopic (exact) mass is 369 g/mol. The van der Waals surface area contributed by atoms with Crippen molar-refractivity contribution < 1.29 is 24.2 Å². The molecule has 0 aliphatic heterocycles. The highest BCUT2D eigenvalue weighted by Gasteiger charge is 2.66. The second-order valence-corrected chi connectivity index (χ2v) is 7.17. The summed E-state index contributed by atoms with van der Waals surface area (Å²) in [4.78, 5) is 24.4. The molecule has 0 aromatic heterocycles. The Morgan fingerprint density at radius 3 is 2.56 bits per heavy atom. The Bertz CT molecular complexity index is 663. The molecule has 1 fully saturated rings. The zero-order valence-electron chi connectivity index (χ0n) is 14.8. The fourth-order valence-corrected chi connectivity index (χ4v) is 3.31. The van der Waals surface area contributed by atoms with Gasteiger partial charge in [-0.3, -0.25) is 4.79 Å². The van der Waals surface area contributed by atoms with Gasteiger partial charge in [-0.15, -0.1) is 0 Å². The van der Waals surface area contributed by atoms with E-state index in [1.807, 2.05) is 6.92 Å². The zero-order chi connectivity index (χ0) is 18.8. The van der Waals surface area contributed by atoms with Gasteiger partial charge in [-0.05, 0) is 26.0 Å². The van der Waals surface area contributed by atoms with Crippen LogP contribution >= 0.6 is 11.6 Å². The van der Waals surface area contributed by atoms with Crippen LogP contribution in [-0.4, -0.2) is 41.3 Å². The van der Waals surface area contributed by atoms with Crippen LogP contribution in [-0.2, 0) is 14.3 Å². The molecule has 1 amide bonds. The first-order valence-corrected chi connectivity index (χ1v) is 8.61. The molecule has 0 saturated heterocycles. The molecule has 138 valence electrons. The summed E-state index contributed by atoms with van der Waals surface area (Å²) in [6.45, 7) is 7.47. The summed E-state index contributed by atoms with van der Waals surface area (Å²) in [5.74, 6) is -1.21. The summed E-state index contributed by atoms with van der Waals surface area (Å²) in [7, 11) is 0. The van der Waals surface area contributed by atoms with E-state index >= 15 is 0 Å². The number of amides is 1. The number of para-hydroxylation sites is 1. The highest BCUT2D eigenvalue weighted by molar-refractivity contribution is 6.32. The average molecular weight is 370 g/mol. The van der Waals surface area contributed by atoms with Crippen molar-refractivity contribution in [3.8, 4) is 5.75 Å². The lowest BCUT2D eigenvalue weighted by Crippen LogP contribution is -2.76. The zero-order valence-corrected chi connectivity index (χ0v) is 15.6. The first kappa shape index (κ1) is 19.5. The molecular weight excluding hydrogens is 346 g/mol. The van der Waals surface area contributed by atoms with Gasteiger partial charge < -0.3 is 19.9 Å². The van der Waals surface area contributed by atoms with Crippen molar-refractivity contribution in [1.82, 2.24) is 5.32 Å². The van der Waals surface area contributed by atoms with Crippen LogP contribution in [0.25, 0.3) is 0 Å². The average Bonchev–Trinajstić information content (AvgIpc) is 2.55. The van der Waals surface area contributed by atoms with Crippen LogP contribution in [0.1, 0.15) is 34.1 Å². The molecule has 6 nitrogen and oxygen atoms in total. The third-order valence-electron chi connectivity index (χ3n) is 4.98. The van der Waals surface area contributed by atoms with Crippen LogP contribution in [0.2, 0.25) is 5.02 Å². The van der Waals surface area contributed by atoms with Gasteiger partial charge >= 0.3 is 5.97 Å². The number of rotatable bonds is 7. The Balaban J connectivity index is 2.11. The van der Waals surface area contributed by atoms with Crippen molar-refractivity contribution in [3.63, 3.8) is 0 Å². The number of benzene rings is 1. The number of nitrogens with one attached hydrogen (secondary N) is 1. The first-order chi connectivity index (χ1) is 11.7. The van der Waals surface area contributed by atoms with Crippen molar-refractivity contribution in [2.75, 3.05) is 6.61 Å². The largest absolute Gasteiger partial charge is 0.479 e. The van der Waals surface area contributed by atoms with Gasteiger partial charge in [0.2, 0.25) is 0 Å². The van der Waals surface area contributed by atoms with Crippen LogP contribution in [0, 0.1) is 5.41 Å². The number of carbonyl (C=O) groups excluding carboxylic acids is 1. The summed E-state index contributed by atoms with van der Waals surface area (Å²) in [5.41, 5.74) is -2.13. The van der Waals surface area contributed by atoms with E-state index in [0.29, 0.717) is 17.4 Å². The number of carboxylic acids is 1. The second kappa shape index (κ2) is 7.22. The summed E-state index contributed by atoms with van der Waals surface area (Å²) < 4.78 is 11.2. The van der Waals surface area contributed by atoms with E-state index in [-0.39, 0.29) is 12.5 Å². The third kappa shape index (κ3) is 3.46. The Morgan fingerprint density at radius 1 is 1.40 bits per heavy atom. The van der Waals surface area contributed by atoms with Crippen molar-refractivity contribution in [1.29, 1.82) is 0 Å². The summed E-state index contributed by atoms with van der Waals surface area (Å²) in [6, 6.07) is 6.80. The van der Waals surface area contributed by atoms with E-state index < -0.39 is 28.9 Å². The molecule has 25 heavy (non-hydrogen) atoms. The number of aliphatic carboxylic acids is 1. The first-order valence-electron chi connectivity index (χ1n) is 8.24. The highest BCUT2D eigenvalue weighted by Crippen LogP contribution is 2.51. The Kier molecular flexibility index (Phi) is 5.64. The van der Waals surface area contributed by atoms with Gasteiger partial charge in [0.15, 0.2) is 6.10 Å². The molecular formula is C18H24ClNO5. The summed E-state index contributed by atoms with van der Waals surface area (Å²) in [6.07, 6.45) is -0.903. The molecule has 0 bridgehead atoms. The van der Waals surface area contributed by atoms with Gasteiger partial charge in [0, 0.05) is 18.4 Å². The maximum atomic E-state index is 12.5. The fourth-order valence-electron chi connectivity index (χ4n) is 3.13. The van der Waals surface area contributed by atoms with Crippen LogP contribution in [0.3, 0.4) is 0 Å². The van der Waals surface area contributed by atoms with E-state index in [1.54, 1.807) is 45.0 Å². The van der Waals surface area contributed by atoms with Crippen molar-refractivity contribution >= 4 is 23.5 Å². The van der Waals surface area contributed by atoms with Crippen LogP contribution in [0.15, 0.2) is 24.3 Å². The van der Waals surface area contributed by atoms with E-state index in [9.17, 15) is 14.7 Å². The topological polar surface area (TPSA) is 84.9 Å². The number of hydrogen-bond acceptors (Lipinski definition) is 4. The van der Waals surface area contributed by atoms with Gasteiger partial charge in [-0.2, -0.15) is 0 Å². The fraction of sp³-hybridized carbons (Fsp3) is 0.556. The van der Waals surface area contributed by atoms with E-state index in [2.05, 4.69) is 5.32 Å². The quantitative estimate of drug-likeness (QED) is 0.772. The molecule has 1 aromatic carbocycles. The number of halogens is 1. The normalized spacial score (nSPS) is 25.6. The molecule has 2 rings (SSSR count). The van der Waals surface area contributed by atoms with Crippen LogP contribution in [0.5, 0.6) is 5.75 Å². The second-order valence-electron chi connectivity index (χ2n) is 6.76. The minimum Gasteiger partial charge on any atom is -0.479 e.